The van der Waals surface area contributed by atoms with E-state index >= 15 is 0 Å². The molecule has 0 aliphatic heterocycles. The molecule has 4 nitrogen and oxygen atoms in total. The highest BCUT2D eigenvalue weighted by Gasteiger charge is 2.14. The number of aromatic carboxylic acids is 1. The number of fused-ring (bicyclic) bond motifs is 1. The van der Waals surface area contributed by atoms with Crippen LogP contribution in [0.15, 0.2) is 66.7 Å². The van der Waals surface area contributed by atoms with Gasteiger partial charge in [0.2, 0.25) is 0 Å². The fraction of sp³-hybridized carbons (Fsp3) is 0.130. The number of carbonyl (C=O) groups is 1. The monoisotopic (exact) mass is 356 g/mol. The van der Waals surface area contributed by atoms with Crippen molar-refractivity contribution >= 4 is 16.9 Å². The Labute approximate surface area is 157 Å². The number of aryl methyl sites for hydroxylation is 2. The summed E-state index contributed by atoms with van der Waals surface area (Å²) in [6, 6.07) is 22.0. The molecule has 4 aromatic rings. The molecule has 0 aliphatic rings. The van der Waals surface area contributed by atoms with Crippen molar-refractivity contribution in [3.63, 3.8) is 0 Å². The van der Waals surface area contributed by atoms with Crippen molar-refractivity contribution in [3.8, 4) is 11.3 Å². The molecule has 4 rings (SSSR count). The largest absolute Gasteiger partial charge is 0.477 e. The van der Waals surface area contributed by atoms with E-state index in [2.05, 4.69) is 53.7 Å². The number of hydrogen-bond donors (Lipinski definition) is 1. The maximum Gasteiger partial charge on any atom is 0.354 e. The van der Waals surface area contributed by atoms with Crippen molar-refractivity contribution in [3.05, 3.63) is 89.2 Å². The Balaban J connectivity index is 1.90. The van der Waals surface area contributed by atoms with Crippen LogP contribution in [0.5, 0.6) is 0 Å². The quantitative estimate of drug-likeness (QED) is 0.556. The molecule has 0 amide bonds. The topological polar surface area (TPSA) is 55.1 Å². The molecule has 0 atom stereocenters. The molecule has 0 radical (unpaired) electrons. The standard InChI is InChI=1S/C23H20N2O2/c1-15-11-18-13-22(17-7-4-3-5-8-17)25(21(18)12-16(15)2)14-19-9-6-10-20(24-19)23(26)27/h3-13H,14H2,1-2H3,(H,26,27). The molecule has 2 heterocycles. The van der Waals surface area contributed by atoms with E-state index in [1.807, 2.05) is 24.3 Å². The second-order valence-electron chi connectivity index (χ2n) is 6.80. The van der Waals surface area contributed by atoms with Crippen molar-refractivity contribution in [2.45, 2.75) is 20.4 Å². The molecule has 0 saturated carbocycles. The second kappa shape index (κ2) is 6.72. The average molecular weight is 356 g/mol. The summed E-state index contributed by atoms with van der Waals surface area (Å²) in [6.07, 6.45) is 0. The van der Waals surface area contributed by atoms with E-state index in [0.717, 1.165) is 22.5 Å². The predicted octanol–water partition coefficient (Wildman–Crippen LogP) is 5.07. The van der Waals surface area contributed by atoms with Gasteiger partial charge in [-0.15, -0.1) is 0 Å². The molecule has 134 valence electrons. The van der Waals surface area contributed by atoms with Crippen LogP contribution in [0.1, 0.15) is 27.3 Å². The van der Waals surface area contributed by atoms with Gasteiger partial charge in [0, 0.05) is 16.6 Å². The lowest BCUT2D eigenvalue weighted by Gasteiger charge is -2.12. The number of rotatable bonds is 4. The highest BCUT2D eigenvalue weighted by Crippen LogP contribution is 2.30. The summed E-state index contributed by atoms with van der Waals surface area (Å²) in [5.41, 5.74) is 6.62. The van der Waals surface area contributed by atoms with Crippen LogP contribution in [0.25, 0.3) is 22.2 Å². The van der Waals surface area contributed by atoms with Crippen LogP contribution < -0.4 is 0 Å². The molecule has 4 heteroatoms. The Hall–Kier alpha value is -3.40. The van der Waals surface area contributed by atoms with Crippen LogP contribution in [-0.4, -0.2) is 20.6 Å². The molecule has 0 fully saturated rings. The molecular formula is C23H20N2O2. The van der Waals surface area contributed by atoms with Gasteiger partial charge in [-0.2, -0.15) is 0 Å². The predicted molar refractivity (Wildman–Crippen MR) is 107 cm³/mol. The van der Waals surface area contributed by atoms with Gasteiger partial charge in [-0.3, -0.25) is 0 Å². The highest BCUT2D eigenvalue weighted by atomic mass is 16.4. The zero-order valence-electron chi connectivity index (χ0n) is 15.3. The fourth-order valence-electron chi connectivity index (χ4n) is 3.39. The number of carboxylic acid groups (broad SMARTS) is 1. The van der Waals surface area contributed by atoms with Crippen molar-refractivity contribution < 1.29 is 9.90 Å². The minimum absolute atomic E-state index is 0.0669. The zero-order chi connectivity index (χ0) is 19.0. The SMILES string of the molecule is Cc1cc2cc(-c3ccccc3)n(Cc3cccc(C(=O)O)n3)c2cc1C. The van der Waals surface area contributed by atoms with Crippen molar-refractivity contribution in [1.82, 2.24) is 9.55 Å². The maximum atomic E-state index is 11.3. The number of pyridine rings is 1. The summed E-state index contributed by atoms with van der Waals surface area (Å²) in [5, 5.41) is 10.4. The first-order valence-electron chi connectivity index (χ1n) is 8.88. The van der Waals surface area contributed by atoms with Gasteiger partial charge in [0.25, 0.3) is 0 Å². The summed E-state index contributed by atoms with van der Waals surface area (Å²) >= 11 is 0. The van der Waals surface area contributed by atoms with E-state index < -0.39 is 5.97 Å². The van der Waals surface area contributed by atoms with Crippen LogP contribution in [0.4, 0.5) is 0 Å². The van der Waals surface area contributed by atoms with Crippen LogP contribution in [0.3, 0.4) is 0 Å². The van der Waals surface area contributed by atoms with Crippen molar-refractivity contribution in [2.75, 3.05) is 0 Å². The number of carboxylic acids is 1. The molecule has 0 saturated heterocycles. The van der Waals surface area contributed by atoms with Crippen molar-refractivity contribution in [1.29, 1.82) is 0 Å². The normalized spacial score (nSPS) is 11.0. The second-order valence-corrected chi connectivity index (χ2v) is 6.80. The van der Waals surface area contributed by atoms with Crippen LogP contribution in [0.2, 0.25) is 0 Å². The third kappa shape index (κ3) is 3.22. The Morgan fingerprint density at radius 2 is 1.70 bits per heavy atom. The Kier molecular flexibility index (Phi) is 4.24. The molecule has 0 unspecified atom stereocenters. The van der Waals surface area contributed by atoms with E-state index in [1.54, 1.807) is 6.07 Å². The molecule has 1 N–H and O–H groups in total. The highest BCUT2D eigenvalue weighted by molar-refractivity contribution is 5.88. The number of benzene rings is 2. The lowest BCUT2D eigenvalue weighted by Crippen LogP contribution is -2.07. The third-order valence-corrected chi connectivity index (χ3v) is 4.93. The Morgan fingerprint density at radius 3 is 2.44 bits per heavy atom. The summed E-state index contributed by atoms with van der Waals surface area (Å²) in [4.78, 5) is 15.6. The van der Waals surface area contributed by atoms with E-state index in [-0.39, 0.29) is 5.69 Å². The molecule has 0 aliphatic carbocycles. The van der Waals surface area contributed by atoms with Gasteiger partial charge in [0.05, 0.1) is 12.2 Å². The van der Waals surface area contributed by atoms with Crippen molar-refractivity contribution in [2.24, 2.45) is 0 Å². The number of nitrogens with zero attached hydrogens (tertiary/aromatic N) is 2. The van der Waals surface area contributed by atoms with Gasteiger partial charge in [0.1, 0.15) is 5.69 Å². The van der Waals surface area contributed by atoms with Gasteiger partial charge in [0.15, 0.2) is 0 Å². The lowest BCUT2D eigenvalue weighted by molar-refractivity contribution is 0.0690. The first-order valence-corrected chi connectivity index (χ1v) is 8.88. The van der Waals surface area contributed by atoms with E-state index in [9.17, 15) is 9.90 Å². The van der Waals surface area contributed by atoms with E-state index in [1.165, 1.54) is 22.6 Å². The zero-order valence-corrected chi connectivity index (χ0v) is 15.3. The molecule has 2 aromatic carbocycles. The minimum Gasteiger partial charge on any atom is -0.477 e. The molecule has 27 heavy (non-hydrogen) atoms. The van der Waals surface area contributed by atoms with Crippen LogP contribution in [0, 0.1) is 13.8 Å². The first kappa shape index (κ1) is 17.0. The first-order chi connectivity index (χ1) is 13.0. The number of aromatic nitrogens is 2. The molecular weight excluding hydrogens is 336 g/mol. The fourth-order valence-corrected chi connectivity index (χ4v) is 3.39. The summed E-state index contributed by atoms with van der Waals surface area (Å²) in [6.45, 7) is 4.74. The van der Waals surface area contributed by atoms with E-state index in [0.29, 0.717) is 6.54 Å². The maximum absolute atomic E-state index is 11.3. The smallest absolute Gasteiger partial charge is 0.354 e. The van der Waals surface area contributed by atoms with Gasteiger partial charge >= 0.3 is 5.97 Å². The van der Waals surface area contributed by atoms with Gasteiger partial charge in [-0.25, -0.2) is 9.78 Å². The van der Waals surface area contributed by atoms with Crippen LogP contribution in [-0.2, 0) is 6.54 Å². The summed E-state index contributed by atoms with van der Waals surface area (Å²) in [7, 11) is 0. The summed E-state index contributed by atoms with van der Waals surface area (Å²) < 4.78 is 2.21. The van der Waals surface area contributed by atoms with Gasteiger partial charge in [-0.05, 0) is 60.9 Å². The van der Waals surface area contributed by atoms with Gasteiger partial charge in [-0.1, -0.05) is 36.4 Å². The Morgan fingerprint density at radius 1 is 0.963 bits per heavy atom. The average Bonchev–Trinajstić information content (AvgIpc) is 3.00. The molecule has 0 spiro atoms. The number of hydrogen-bond acceptors (Lipinski definition) is 2. The van der Waals surface area contributed by atoms with Gasteiger partial charge < -0.3 is 9.67 Å². The lowest BCUT2D eigenvalue weighted by atomic mass is 10.1. The molecule has 0 bridgehead atoms. The Bertz CT molecular complexity index is 1140. The third-order valence-electron chi connectivity index (χ3n) is 4.93. The summed E-state index contributed by atoms with van der Waals surface area (Å²) in [5.74, 6) is -1.01. The minimum atomic E-state index is -1.01. The van der Waals surface area contributed by atoms with Crippen LogP contribution >= 0.6 is 0 Å². The van der Waals surface area contributed by atoms with E-state index in [4.69, 9.17) is 0 Å². The molecule has 2 aromatic heterocycles.